The van der Waals surface area contributed by atoms with Crippen LogP contribution < -0.4 is 5.32 Å². The Hall–Kier alpha value is -1.03. The molecule has 4 heteroatoms. The first-order valence-electron chi connectivity index (χ1n) is 5.56. The molecule has 94 valence electrons. The molecule has 0 saturated heterocycles. The summed E-state index contributed by atoms with van der Waals surface area (Å²) in [7, 11) is 0. The second-order valence-electron chi connectivity index (χ2n) is 3.81. The van der Waals surface area contributed by atoms with Gasteiger partial charge in [0.15, 0.2) is 0 Å². The van der Waals surface area contributed by atoms with E-state index in [0.717, 1.165) is 28.1 Å². The van der Waals surface area contributed by atoms with Crippen molar-refractivity contribution in [3.63, 3.8) is 0 Å². The fourth-order valence-corrected chi connectivity index (χ4v) is 2.37. The fraction of sp³-hybridized carbons (Fsp3) is 0.143. The molecule has 1 heterocycles. The van der Waals surface area contributed by atoms with E-state index in [1.165, 1.54) is 0 Å². The monoisotopic (exact) mass is 325 g/mol. The van der Waals surface area contributed by atoms with Crippen molar-refractivity contribution in [2.45, 2.75) is 6.54 Å². The Kier molecular flexibility index (Phi) is 4.64. The lowest BCUT2D eigenvalue weighted by Gasteiger charge is -2.02. The Morgan fingerprint density at radius 3 is 2.89 bits per heavy atom. The number of benzene rings is 1. The van der Waals surface area contributed by atoms with Crippen LogP contribution in [0, 0.1) is 0 Å². The van der Waals surface area contributed by atoms with Gasteiger partial charge in [0.05, 0.1) is 11.6 Å². The summed E-state index contributed by atoms with van der Waals surface area (Å²) in [5.41, 5.74) is 0.898. The van der Waals surface area contributed by atoms with E-state index in [1.807, 2.05) is 36.4 Å². The van der Waals surface area contributed by atoms with Crippen molar-refractivity contribution in [1.29, 1.82) is 0 Å². The highest BCUT2D eigenvalue weighted by Crippen LogP contribution is 2.31. The molecule has 18 heavy (non-hydrogen) atoms. The Labute approximate surface area is 120 Å². The van der Waals surface area contributed by atoms with Gasteiger partial charge in [0, 0.05) is 16.6 Å². The molecule has 1 aromatic carbocycles. The van der Waals surface area contributed by atoms with Gasteiger partial charge in [0.2, 0.25) is 0 Å². The summed E-state index contributed by atoms with van der Waals surface area (Å²) < 4.78 is 6.69. The zero-order valence-corrected chi connectivity index (χ0v) is 12.1. The smallest absolute Gasteiger partial charge is 0.135 e. The van der Waals surface area contributed by atoms with Crippen molar-refractivity contribution >= 4 is 27.5 Å². The minimum Gasteiger partial charge on any atom is -0.460 e. The summed E-state index contributed by atoms with van der Waals surface area (Å²) >= 11 is 9.56. The molecule has 1 aromatic heterocycles. The number of nitrogens with one attached hydrogen (secondary N) is 1. The maximum absolute atomic E-state index is 6.18. The lowest BCUT2D eigenvalue weighted by atomic mass is 10.2. The molecule has 1 N–H and O–H groups in total. The second-order valence-corrected chi connectivity index (χ2v) is 5.13. The Morgan fingerprint density at radius 2 is 2.17 bits per heavy atom. The summed E-state index contributed by atoms with van der Waals surface area (Å²) in [5, 5.41) is 3.86. The van der Waals surface area contributed by atoms with Gasteiger partial charge in [-0.3, -0.25) is 0 Å². The predicted octanol–water partition coefficient (Wildman–Crippen LogP) is 4.64. The summed E-state index contributed by atoms with van der Waals surface area (Å²) in [6, 6.07) is 9.62. The molecule has 0 radical (unpaired) electrons. The SMILES string of the molecule is C=CCNCc1ccc(-c2ccc(Br)cc2Cl)o1. The molecule has 0 aliphatic heterocycles. The second kappa shape index (κ2) is 6.23. The quantitative estimate of drug-likeness (QED) is 0.640. The third-order valence-electron chi connectivity index (χ3n) is 2.45. The van der Waals surface area contributed by atoms with Gasteiger partial charge in [-0.25, -0.2) is 0 Å². The minimum atomic E-state index is 0.671. The van der Waals surface area contributed by atoms with Crippen LogP contribution in [0.2, 0.25) is 5.02 Å². The maximum atomic E-state index is 6.18. The van der Waals surface area contributed by atoms with Gasteiger partial charge in [-0.2, -0.15) is 0 Å². The average Bonchev–Trinajstić information content (AvgIpc) is 2.78. The van der Waals surface area contributed by atoms with Crippen LogP contribution in [-0.4, -0.2) is 6.54 Å². The highest BCUT2D eigenvalue weighted by atomic mass is 79.9. The van der Waals surface area contributed by atoms with Crippen LogP contribution in [0.5, 0.6) is 0 Å². The van der Waals surface area contributed by atoms with Gasteiger partial charge in [-0.15, -0.1) is 6.58 Å². The molecule has 2 rings (SSSR count). The van der Waals surface area contributed by atoms with E-state index in [2.05, 4.69) is 27.8 Å². The van der Waals surface area contributed by atoms with Crippen molar-refractivity contribution in [1.82, 2.24) is 5.32 Å². The molecule has 0 atom stereocenters. The molecule has 0 unspecified atom stereocenters. The first kappa shape index (κ1) is 13.4. The predicted molar refractivity (Wildman–Crippen MR) is 78.8 cm³/mol. The molecule has 0 saturated carbocycles. The lowest BCUT2D eigenvalue weighted by Crippen LogP contribution is -2.11. The normalized spacial score (nSPS) is 10.6. The van der Waals surface area contributed by atoms with E-state index < -0.39 is 0 Å². The molecule has 0 bridgehead atoms. The van der Waals surface area contributed by atoms with Crippen molar-refractivity contribution < 1.29 is 4.42 Å². The van der Waals surface area contributed by atoms with Crippen LogP contribution >= 0.6 is 27.5 Å². The highest BCUT2D eigenvalue weighted by molar-refractivity contribution is 9.10. The van der Waals surface area contributed by atoms with E-state index in [9.17, 15) is 0 Å². The first-order valence-corrected chi connectivity index (χ1v) is 6.73. The molecule has 0 aliphatic carbocycles. The van der Waals surface area contributed by atoms with Crippen LogP contribution in [0.15, 0.2) is 51.9 Å². The van der Waals surface area contributed by atoms with Crippen LogP contribution in [0.25, 0.3) is 11.3 Å². The summed E-state index contributed by atoms with van der Waals surface area (Å²) in [6.45, 7) is 5.09. The van der Waals surface area contributed by atoms with Gasteiger partial charge < -0.3 is 9.73 Å². The Bertz CT molecular complexity index is 550. The number of rotatable bonds is 5. The van der Waals surface area contributed by atoms with E-state index in [0.29, 0.717) is 11.6 Å². The number of furan rings is 1. The van der Waals surface area contributed by atoms with Gasteiger partial charge in [-0.05, 0) is 30.3 Å². The van der Waals surface area contributed by atoms with Crippen molar-refractivity contribution in [2.24, 2.45) is 0 Å². The van der Waals surface area contributed by atoms with Crippen LogP contribution in [-0.2, 0) is 6.54 Å². The molecule has 2 aromatic rings. The lowest BCUT2D eigenvalue weighted by molar-refractivity contribution is 0.502. The molecule has 0 fully saturated rings. The molecular formula is C14H13BrClNO. The zero-order chi connectivity index (χ0) is 13.0. The molecular weight excluding hydrogens is 314 g/mol. The van der Waals surface area contributed by atoms with E-state index in [-0.39, 0.29) is 0 Å². The van der Waals surface area contributed by atoms with Crippen LogP contribution in [0.3, 0.4) is 0 Å². The standard InChI is InChI=1S/C14H13BrClNO/c1-2-7-17-9-11-4-6-14(18-11)12-5-3-10(15)8-13(12)16/h2-6,8,17H,1,7,9H2. The zero-order valence-electron chi connectivity index (χ0n) is 9.75. The van der Waals surface area contributed by atoms with Gasteiger partial charge >= 0.3 is 0 Å². The minimum absolute atomic E-state index is 0.671. The Balaban J connectivity index is 2.16. The highest BCUT2D eigenvalue weighted by Gasteiger charge is 2.08. The van der Waals surface area contributed by atoms with Crippen molar-refractivity contribution in [3.05, 3.63) is 58.2 Å². The van der Waals surface area contributed by atoms with E-state index >= 15 is 0 Å². The van der Waals surface area contributed by atoms with Gasteiger partial charge in [0.1, 0.15) is 11.5 Å². The largest absolute Gasteiger partial charge is 0.460 e. The molecule has 0 amide bonds. The van der Waals surface area contributed by atoms with Gasteiger partial charge in [-0.1, -0.05) is 33.6 Å². The number of halogens is 2. The average molecular weight is 327 g/mol. The van der Waals surface area contributed by atoms with Gasteiger partial charge in [0.25, 0.3) is 0 Å². The summed E-state index contributed by atoms with van der Waals surface area (Å²) in [5.74, 6) is 1.66. The molecule has 0 aliphatic rings. The summed E-state index contributed by atoms with van der Waals surface area (Å²) in [4.78, 5) is 0. The first-order chi connectivity index (χ1) is 8.70. The fourth-order valence-electron chi connectivity index (χ4n) is 1.60. The van der Waals surface area contributed by atoms with Crippen molar-refractivity contribution in [2.75, 3.05) is 6.54 Å². The third-order valence-corrected chi connectivity index (χ3v) is 3.25. The summed E-state index contributed by atoms with van der Waals surface area (Å²) in [6.07, 6.45) is 1.81. The third kappa shape index (κ3) is 3.25. The van der Waals surface area contributed by atoms with Crippen LogP contribution in [0.1, 0.15) is 5.76 Å². The molecule has 0 spiro atoms. The van der Waals surface area contributed by atoms with Crippen LogP contribution in [0.4, 0.5) is 0 Å². The van der Waals surface area contributed by atoms with E-state index in [4.69, 9.17) is 16.0 Å². The molecule has 2 nitrogen and oxygen atoms in total. The maximum Gasteiger partial charge on any atom is 0.135 e. The number of hydrogen-bond donors (Lipinski definition) is 1. The van der Waals surface area contributed by atoms with E-state index in [1.54, 1.807) is 0 Å². The number of hydrogen-bond acceptors (Lipinski definition) is 2. The van der Waals surface area contributed by atoms with Crippen molar-refractivity contribution in [3.8, 4) is 11.3 Å². The topological polar surface area (TPSA) is 25.2 Å². The Morgan fingerprint density at radius 1 is 1.33 bits per heavy atom.